The van der Waals surface area contributed by atoms with Crippen LogP contribution in [0, 0.1) is 5.92 Å². The summed E-state index contributed by atoms with van der Waals surface area (Å²) in [7, 11) is 0. The van der Waals surface area contributed by atoms with Gasteiger partial charge in [0.25, 0.3) is 5.91 Å². The standard InChI is InChI=1S/C21H27F6N3O2/c1-19(2,3)29-12-17(31)30-6-4-13(5-7-30)11-28-18(32)14-8-15(20(22,23)24)10-16(9-14)21(25,26)27/h8-10,13,29H,4-7,11-12H2,1-3H3,(H,28,32). The number of hydrogen-bond acceptors (Lipinski definition) is 3. The van der Waals surface area contributed by atoms with E-state index in [-0.39, 0.29) is 36.5 Å². The van der Waals surface area contributed by atoms with Gasteiger partial charge in [0.2, 0.25) is 5.91 Å². The number of likely N-dealkylation sites (tertiary alicyclic amines) is 1. The summed E-state index contributed by atoms with van der Waals surface area (Å²) < 4.78 is 77.8. The third-order valence-electron chi connectivity index (χ3n) is 5.14. The summed E-state index contributed by atoms with van der Waals surface area (Å²) in [5.74, 6) is -1.09. The number of nitrogens with zero attached hydrogens (tertiary/aromatic N) is 1. The minimum absolute atomic E-state index is 0.0158. The molecule has 180 valence electrons. The Morgan fingerprint density at radius 1 is 0.938 bits per heavy atom. The molecule has 0 bridgehead atoms. The third-order valence-corrected chi connectivity index (χ3v) is 5.14. The van der Waals surface area contributed by atoms with Gasteiger partial charge in [-0.25, -0.2) is 0 Å². The van der Waals surface area contributed by atoms with Crippen molar-refractivity contribution in [1.29, 1.82) is 0 Å². The fraction of sp³-hybridized carbons (Fsp3) is 0.619. The van der Waals surface area contributed by atoms with Gasteiger partial charge in [0, 0.05) is 30.7 Å². The van der Waals surface area contributed by atoms with Crippen molar-refractivity contribution in [3.05, 3.63) is 34.9 Å². The van der Waals surface area contributed by atoms with Gasteiger partial charge in [-0.1, -0.05) is 0 Å². The van der Waals surface area contributed by atoms with Gasteiger partial charge in [-0.3, -0.25) is 9.59 Å². The van der Waals surface area contributed by atoms with Crippen molar-refractivity contribution in [2.24, 2.45) is 5.92 Å². The third kappa shape index (κ3) is 7.68. The summed E-state index contributed by atoms with van der Waals surface area (Å²) in [6, 6.07) is 0.806. The topological polar surface area (TPSA) is 61.4 Å². The Bertz CT molecular complexity index is 790. The Labute approximate surface area is 182 Å². The van der Waals surface area contributed by atoms with Gasteiger partial charge in [-0.15, -0.1) is 0 Å². The lowest BCUT2D eigenvalue weighted by molar-refractivity contribution is -0.143. The first-order valence-corrected chi connectivity index (χ1v) is 10.2. The van der Waals surface area contributed by atoms with Crippen LogP contribution in [0.2, 0.25) is 0 Å². The minimum Gasteiger partial charge on any atom is -0.352 e. The SMILES string of the molecule is CC(C)(C)NCC(=O)N1CCC(CNC(=O)c2cc(C(F)(F)F)cc(C(F)(F)F)c2)CC1. The lowest BCUT2D eigenvalue weighted by Gasteiger charge is -2.33. The molecule has 1 aromatic rings. The summed E-state index contributed by atoms with van der Waals surface area (Å²) in [5, 5.41) is 5.54. The molecular weight excluding hydrogens is 440 g/mol. The number of piperidine rings is 1. The molecule has 0 saturated carbocycles. The Morgan fingerprint density at radius 3 is 1.88 bits per heavy atom. The van der Waals surface area contributed by atoms with Gasteiger partial charge in [-0.2, -0.15) is 26.3 Å². The molecule has 1 aromatic carbocycles. The van der Waals surface area contributed by atoms with Gasteiger partial charge >= 0.3 is 12.4 Å². The van der Waals surface area contributed by atoms with E-state index in [9.17, 15) is 35.9 Å². The van der Waals surface area contributed by atoms with Crippen molar-refractivity contribution in [1.82, 2.24) is 15.5 Å². The lowest BCUT2D eigenvalue weighted by Crippen LogP contribution is -2.48. The monoisotopic (exact) mass is 467 g/mol. The van der Waals surface area contributed by atoms with Crippen LogP contribution in [0.1, 0.15) is 55.1 Å². The average molecular weight is 467 g/mol. The van der Waals surface area contributed by atoms with Crippen LogP contribution in [0.25, 0.3) is 0 Å². The highest BCUT2D eigenvalue weighted by atomic mass is 19.4. The number of alkyl halides is 6. The van der Waals surface area contributed by atoms with Crippen LogP contribution in [-0.2, 0) is 17.1 Å². The highest BCUT2D eigenvalue weighted by Gasteiger charge is 2.37. The van der Waals surface area contributed by atoms with Crippen LogP contribution < -0.4 is 10.6 Å². The quantitative estimate of drug-likeness (QED) is 0.642. The first-order valence-electron chi connectivity index (χ1n) is 10.2. The second-order valence-corrected chi connectivity index (χ2v) is 8.93. The second-order valence-electron chi connectivity index (χ2n) is 8.93. The number of carbonyl (C=O) groups excluding carboxylic acids is 2. The van der Waals surface area contributed by atoms with E-state index in [1.54, 1.807) is 4.90 Å². The predicted octanol–water partition coefficient (Wildman–Crippen LogP) is 4.08. The van der Waals surface area contributed by atoms with Crippen LogP contribution >= 0.6 is 0 Å². The van der Waals surface area contributed by atoms with Crippen LogP contribution in [0.4, 0.5) is 26.3 Å². The zero-order valence-electron chi connectivity index (χ0n) is 18.1. The van der Waals surface area contributed by atoms with Gasteiger partial charge in [0.05, 0.1) is 17.7 Å². The molecule has 1 aliphatic heterocycles. The van der Waals surface area contributed by atoms with E-state index in [4.69, 9.17) is 0 Å². The summed E-state index contributed by atoms with van der Waals surface area (Å²) in [4.78, 5) is 26.2. The molecule has 1 aliphatic rings. The van der Waals surface area contributed by atoms with Gasteiger partial charge in [-0.05, 0) is 57.7 Å². The van der Waals surface area contributed by atoms with E-state index in [1.807, 2.05) is 20.8 Å². The molecule has 2 amide bonds. The fourth-order valence-corrected chi connectivity index (χ4v) is 3.26. The van der Waals surface area contributed by atoms with E-state index < -0.39 is 35.0 Å². The van der Waals surface area contributed by atoms with Gasteiger partial charge in [0.1, 0.15) is 0 Å². The molecule has 0 spiro atoms. The van der Waals surface area contributed by atoms with Crippen molar-refractivity contribution >= 4 is 11.8 Å². The molecule has 1 heterocycles. The fourth-order valence-electron chi connectivity index (χ4n) is 3.26. The minimum atomic E-state index is -5.02. The van der Waals surface area contributed by atoms with Crippen LogP contribution in [0.5, 0.6) is 0 Å². The molecule has 5 nitrogen and oxygen atoms in total. The molecule has 0 aliphatic carbocycles. The Balaban J connectivity index is 1.94. The normalized spacial score (nSPS) is 16.2. The number of rotatable bonds is 5. The number of benzene rings is 1. The van der Waals surface area contributed by atoms with Crippen LogP contribution in [0.3, 0.4) is 0 Å². The van der Waals surface area contributed by atoms with Crippen molar-refractivity contribution in [2.75, 3.05) is 26.2 Å². The molecular formula is C21H27F6N3O2. The summed E-state index contributed by atoms with van der Waals surface area (Å²) in [6.07, 6.45) is -8.90. The lowest BCUT2D eigenvalue weighted by atomic mass is 9.96. The molecule has 0 unspecified atom stereocenters. The van der Waals surface area contributed by atoms with Crippen molar-refractivity contribution in [3.63, 3.8) is 0 Å². The van der Waals surface area contributed by atoms with E-state index >= 15 is 0 Å². The first-order chi connectivity index (χ1) is 14.6. The smallest absolute Gasteiger partial charge is 0.352 e. The second kappa shape index (κ2) is 9.68. The number of hydrogen-bond donors (Lipinski definition) is 2. The van der Waals surface area contributed by atoms with Gasteiger partial charge in [0.15, 0.2) is 0 Å². The molecule has 0 atom stereocenters. The molecule has 0 aromatic heterocycles. The van der Waals surface area contributed by atoms with Gasteiger partial charge < -0.3 is 15.5 Å². The highest BCUT2D eigenvalue weighted by molar-refractivity contribution is 5.94. The molecule has 11 heteroatoms. The Morgan fingerprint density at radius 2 is 1.44 bits per heavy atom. The van der Waals surface area contributed by atoms with Crippen molar-refractivity contribution in [3.8, 4) is 0 Å². The molecule has 0 radical (unpaired) electrons. The summed E-state index contributed by atoms with van der Waals surface area (Å²) in [6.45, 7) is 7.05. The van der Waals surface area contributed by atoms with E-state index in [2.05, 4.69) is 10.6 Å². The Hall–Kier alpha value is -2.30. The van der Waals surface area contributed by atoms with E-state index in [1.165, 1.54) is 0 Å². The predicted molar refractivity (Wildman–Crippen MR) is 106 cm³/mol. The van der Waals surface area contributed by atoms with Crippen LogP contribution in [0.15, 0.2) is 18.2 Å². The summed E-state index contributed by atoms with van der Waals surface area (Å²) >= 11 is 0. The molecule has 32 heavy (non-hydrogen) atoms. The van der Waals surface area contributed by atoms with E-state index in [0.717, 1.165) is 0 Å². The maximum Gasteiger partial charge on any atom is 0.416 e. The largest absolute Gasteiger partial charge is 0.416 e. The summed E-state index contributed by atoms with van der Waals surface area (Å²) in [5.41, 5.74) is -3.97. The number of carbonyl (C=O) groups is 2. The molecule has 2 N–H and O–H groups in total. The molecule has 1 saturated heterocycles. The van der Waals surface area contributed by atoms with E-state index in [0.29, 0.717) is 38.1 Å². The zero-order chi connectivity index (χ0) is 24.3. The van der Waals surface area contributed by atoms with Crippen molar-refractivity contribution in [2.45, 2.75) is 51.5 Å². The van der Waals surface area contributed by atoms with Crippen LogP contribution in [-0.4, -0.2) is 48.4 Å². The maximum absolute atomic E-state index is 13.0. The highest BCUT2D eigenvalue weighted by Crippen LogP contribution is 2.36. The Kier molecular flexibility index (Phi) is 7.85. The molecule has 1 fully saturated rings. The maximum atomic E-state index is 13.0. The zero-order valence-corrected chi connectivity index (χ0v) is 18.1. The number of nitrogens with one attached hydrogen (secondary N) is 2. The number of halogens is 6. The first kappa shape index (κ1) is 26.0. The number of amides is 2. The molecule has 2 rings (SSSR count). The average Bonchev–Trinajstić information content (AvgIpc) is 2.68. The van der Waals surface area contributed by atoms with Crippen molar-refractivity contribution < 1.29 is 35.9 Å².